The lowest BCUT2D eigenvalue weighted by Gasteiger charge is -2.44. The Morgan fingerprint density at radius 2 is 1.94 bits per heavy atom. The quantitative estimate of drug-likeness (QED) is 0.573. The zero-order chi connectivity index (χ0) is 11.9. The van der Waals surface area contributed by atoms with Gasteiger partial charge in [0, 0.05) is 0 Å². The minimum atomic E-state index is 0.485. The van der Waals surface area contributed by atoms with Gasteiger partial charge in [-0.1, -0.05) is 46.0 Å². The average Bonchev–Trinajstić information content (AvgIpc) is 2.23. The molecule has 90 valence electrons. The Balaban J connectivity index is 2.28. The second-order valence-corrected chi connectivity index (χ2v) is 7.02. The van der Waals surface area contributed by atoms with Crippen LogP contribution in [0.2, 0.25) is 11.6 Å². The molecule has 0 N–H and O–H groups in total. The lowest BCUT2D eigenvalue weighted by molar-refractivity contribution is 0.409. The van der Waals surface area contributed by atoms with Gasteiger partial charge in [-0.15, -0.1) is 5.47 Å². The fourth-order valence-corrected chi connectivity index (χ4v) is 3.65. The summed E-state index contributed by atoms with van der Waals surface area (Å²) in [5.74, 6) is 1.81. The third-order valence-electron chi connectivity index (χ3n) is 5.65. The molecule has 1 heterocycles. The van der Waals surface area contributed by atoms with Gasteiger partial charge in [0.15, 0.2) is 6.71 Å². The van der Waals surface area contributed by atoms with Crippen LogP contribution in [0.1, 0.15) is 60.3 Å². The van der Waals surface area contributed by atoms with E-state index in [2.05, 4.69) is 34.6 Å². The monoisotopic (exact) mass is 218 g/mol. The van der Waals surface area contributed by atoms with Crippen molar-refractivity contribution in [1.82, 2.24) is 0 Å². The molecule has 0 aromatic rings. The van der Waals surface area contributed by atoms with Crippen molar-refractivity contribution in [2.75, 3.05) is 0 Å². The predicted octanol–water partition coefficient (Wildman–Crippen LogP) is 4.98. The Morgan fingerprint density at radius 3 is 2.56 bits per heavy atom. The zero-order valence-electron chi connectivity index (χ0n) is 11.8. The maximum Gasteiger partial charge on any atom is 0.176 e. The van der Waals surface area contributed by atoms with Gasteiger partial charge in [0.1, 0.15) is 0 Å². The molecule has 0 aromatic carbocycles. The van der Waals surface area contributed by atoms with Crippen molar-refractivity contribution in [3.63, 3.8) is 0 Å². The highest BCUT2D eigenvalue weighted by molar-refractivity contribution is 6.70. The first-order valence-electron chi connectivity index (χ1n) is 7.11. The summed E-state index contributed by atoms with van der Waals surface area (Å²) in [6, 6.07) is 0. The van der Waals surface area contributed by atoms with Crippen molar-refractivity contribution in [2.24, 2.45) is 11.8 Å². The molecular formula is C15H27B. The maximum atomic E-state index is 2.48. The molecule has 0 aromatic heterocycles. The molecule has 1 saturated heterocycles. The number of hydrogen-bond donors (Lipinski definition) is 0. The molecule has 0 radical (unpaired) electrons. The molecule has 0 nitrogen and oxygen atoms in total. The van der Waals surface area contributed by atoms with Crippen molar-refractivity contribution in [3.05, 3.63) is 11.0 Å². The van der Waals surface area contributed by atoms with Gasteiger partial charge in [-0.3, -0.25) is 0 Å². The second-order valence-electron chi connectivity index (χ2n) is 7.02. The van der Waals surface area contributed by atoms with E-state index in [1.807, 2.05) is 5.47 Å². The van der Waals surface area contributed by atoms with Crippen LogP contribution in [0.15, 0.2) is 11.0 Å². The second kappa shape index (κ2) is 4.24. The van der Waals surface area contributed by atoms with Gasteiger partial charge < -0.3 is 0 Å². The third kappa shape index (κ3) is 1.98. The van der Waals surface area contributed by atoms with Gasteiger partial charge in [0.2, 0.25) is 0 Å². The van der Waals surface area contributed by atoms with Crippen LogP contribution in [-0.4, -0.2) is 6.71 Å². The summed E-state index contributed by atoms with van der Waals surface area (Å²) >= 11 is 0. The third-order valence-corrected chi connectivity index (χ3v) is 5.65. The fourth-order valence-electron chi connectivity index (χ4n) is 3.65. The Bertz CT molecular complexity index is 299. The van der Waals surface area contributed by atoms with Crippen molar-refractivity contribution in [1.29, 1.82) is 0 Å². The van der Waals surface area contributed by atoms with Gasteiger partial charge in [0.05, 0.1) is 0 Å². The molecule has 0 saturated carbocycles. The summed E-state index contributed by atoms with van der Waals surface area (Å²) in [4.78, 5) is 0. The van der Waals surface area contributed by atoms with Crippen molar-refractivity contribution in [3.8, 4) is 0 Å². The van der Waals surface area contributed by atoms with Gasteiger partial charge >= 0.3 is 0 Å². The summed E-state index contributed by atoms with van der Waals surface area (Å²) in [7, 11) is 0. The first kappa shape index (κ1) is 12.3. The Labute approximate surface area is 102 Å². The molecule has 2 bridgehead atoms. The molecule has 16 heavy (non-hydrogen) atoms. The largest absolute Gasteiger partial charge is 0.176 e. The summed E-state index contributed by atoms with van der Waals surface area (Å²) in [5, 5.41) is 0.485. The number of allylic oxidation sites excluding steroid dienone is 2. The van der Waals surface area contributed by atoms with E-state index in [9.17, 15) is 0 Å². The molecule has 1 unspecified atom stereocenters. The highest BCUT2D eigenvalue weighted by Crippen LogP contribution is 2.50. The molecule has 1 aliphatic carbocycles. The fraction of sp³-hybridized carbons (Fsp3) is 0.867. The summed E-state index contributed by atoms with van der Waals surface area (Å²) in [6.07, 6.45) is 7.20. The highest BCUT2D eigenvalue weighted by atomic mass is 14.3. The topological polar surface area (TPSA) is 0 Å². The van der Waals surface area contributed by atoms with Crippen LogP contribution in [0.25, 0.3) is 0 Å². The molecule has 1 heteroatoms. The van der Waals surface area contributed by atoms with Gasteiger partial charge in [0.25, 0.3) is 0 Å². The lowest BCUT2D eigenvalue weighted by Crippen LogP contribution is -2.40. The molecule has 1 aliphatic heterocycles. The van der Waals surface area contributed by atoms with Crippen LogP contribution in [0.5, 0.6) is 0 Å². The van der Waals surface area contributed by atoms with E-state index in [1.165, 1.54) is 32.0 Å². The van der Waals surface area contributed by atoms with E-state index in [1.54, 1.807) is 5.57 Å². The van der Waals surface area contributed by atoms with Crippen LogP contribution in [0.3, 0.4) is 0 Å². The predicted molar refractivity (Wildman–Crippen MR) is 74.1 cm³/mol. The lowest BCUT2D eigenvalue weighted by atomic mass is 9.23. The van der Waals surface area contributed by atoms with Crippen LogP contribution < -0.4 is 0 Å². The molecule has 1 fully saturated rings. The molecule has 2 rings (SSSR count). The molecule has 0 amide bonds. The van der Waals surface area contributed by atoms with Crippen molar-refractivity contribution < 1.29 is 0 Å². The first-order valence-corrected chi connectivity index (χ1v) is 7.11. The van der Waals surface area contributed by atoms with E-state index in [0.29, 0.717) is 5.31 Å². The number of rotatable bonds is 2. The Kier molecular flexibility index (Phi) is 3.25. The van der Waals surface area contributed by atoms with Crippen LogP contribution >= 0.6 is 0 Å². The molecule has 2 aliphatic rings. The van der Waals surface area contributed by atoms with Gasteiger partial charge in [-0.25, -0.2) is 0 Å². The standard InChI is InChI=1S/C15H27B/c1-11(2)15(4,5)16-9-8-13-7-6-12(3)14(16)10-13/h11,13H,6-10H2,1-5H3. The summed E-state index contributed by atoms with van der Waals surface area (Å²) in [6.45, 7) is 13.0. The van der Waals surface area contributed by atoms with Gasteiger partial charge in [-0.05, 0) is 43.3 Å². The molecular weight excluding hydrogens is 191 g/mol. The minimum absolute atomic E-state index is 0.485. The van der Waals surface area contributed by atoms with Crippen molar-refractivity contribution >= 4 is 6.71 Å². The van der Waals surface area contributed by atoms with E-state index in [4.69, 9.17) is 0 Å². The highest BCUT2D eigenvalue weighted by Gasteiger charge is 2.42. The van der Waals surface area contributed by atoms with Gasteiger partial charge in [-0.2, -0.15) is 0 Å². The minimum Gasteiger partial charge on any atom is -0.101 e. The maximum absolute atomic E-state index is 2.48. The number of fused-ring (bicyclic) bond motifs is 2. The van der Waals surface area contributed by atoms with Crippen LogP contribution in [0, 0.1) is 11.8 Å². The smallest absolute Gasteiger partial charge is 0.101 e. The SMILES string of the molecule is CC1=C2CC(CCB2C(C)(C)C(C)C)CC1. The van der Waals surface area contributed by atoms with E-state index in [-0.39, 0.29) is 0 Å². The first-order chi connectivity index (χ1) is 7.43. The number of hydrogen-bond acceptors (Lipinski definition) is 0. The molecule has 0 spiro atoms. The van der Waals surface area contributed by atoms with Crippen LogP contribution in [0.4, 0.5) is 0 Å². The van der Waals surface area contributed by atoms with Crippen molar-refractivity contribution in [2.45, 2.75) is 71.9 Å². The summed E-state index contributed by atoms with van der Waals surface area (Å²) < 4.78 is 0. The van der Waals surface area contributed by atoms with E-state index >= 15 is 0 Å². The average molecular weight is 218 g/mol. The van der Waals surface area contributed by atoms with E-state index in [0.717, 1.165) is 18.5 Å². The molecule has 1 atom stereocenters. The normalized spacial score (nSPS) is 26.6. The summed E-state index contributed by atoms with van der Waals surface area (Å²) in [5.41, 5.74) is 3.58. The Hall–Kier alpha value is -0.195. The zero-order valence-corrected chi connectivity index (χ0v) is 11.8. The Morgan fingerprint density at radius 1 is 1.25 bits per heavy atom. The van der Waals surface area contributed by atoms with E-state index < -0.39 is 0 Å². The van der Waals surface area contributed by atoms with Crippen LogP contribution in [-0.2, 0) is 0 Å².